The van der Waals surface area contributed by atoms with E-state index in [0.717, 1.165) is 0 Å². The highest BCUT2D eigenvalue weighted by Gasteiger charge is 2.19. The zero-order valence-corrected chi connectivity index (χ0v) is 19.7. The second-order valence-corrected chi connectivity index (χ2v) is 7.85. The number of carbonyl (C=O) groups excluding carboxylic acids is 2. The summed E-state index contributed by atoms with van der Waals surface area (Å²) < 4.78 is 32.0. The molecule has 32 heavy (non-hydrogen) atoms. The average molecular weight is 456 g/mol. The second kappa shape index (κ2) is 16.4. The third-order valence-corrected chi connectivity index (χ3v) is 3.86. The summed E-state index contributed by atoms with van der Waals surface area (Å²) >= 11 is 0. The molecule has 0 fully saturated rings. The highest BCUT2D eigenvalue weighted by Crippen LogP contribution is 2.08. The van der Waals surface area contributed by atoms with Crippen LogP contribution in [0.15, 0.2) is 30.3 Å². The van der Waals surface area contributed by atoms with Gasteiger partial charge in [-0.3, -0.25) is 0 Å². The predicted molar refractivity (Wildman–Crippen MR) is 119 cm³/mol. The molecular weight excluding hydrogens is 418 g/mol. The fraction of sp³-hybridized carbons (Fsp3) is 0.652. The number of rotatable bonds is 16. The standard InChI is InChI=1S/C23H37NO8/c1-23(2,3)32-22(26)24(4)10-11-27-12-13-28-14-15-29-16-17-30-18-19-31-21(25)20-8-6-5-7-9-20/h5-9H,10-19H2,1-4H3. The van der Waals surface area contributed by atoms with E-state index >= 15 is 0 Å². The fourth-order valence-corrected chi connectivity index (χ4v) is 2.25. The van der Waals surface area contributed by atoms with Crippen molar-refractivity contribution >= 4 is 12.1 Å². The van der Waals surface area contributed by atoms with Crippen LogP contribution >= 0.6 is 0 Å². The lowest BCUT2D eigenvalue weighted by atomic mass is 10.2. The van der Waals surface area contributed by atoms with E-state index in [0.29, 0.717) is 65.0 Å². The molecule has 0 atom stereocenters. The molecule has 1 amide bonds. The van der Waals surface area contributed by atoms with Crippen LogP contribution < -0.4 is 0 Å². The summed E-state index contributed by atoms with van der Waals surface area (Å²) in [5, 5.41) is 0. The summed E-state index contributed by atoms with van der Waals surface area (Å²) in [6, 6.07) is 8.83. The van der Waals surface area contributed by atoms with Crippen molar-refractivity contribution in [3.05, 3.63) is 35.9 Å². The van der Waals surface area contributed by atoms with E-state index in [9.17, 15) is 9.59 Å². The highest BCUT2D eigenvalue weighted by molar-refractivity contribution is 5.89. The molecule has 1 rings (SSSR count). The summed E-state index contributed by atoms with van der Waals surface area (Å²) in [4.78, 5) is 25.0. The van der Waals surface area contributed by atoms with Gasteiger partial charge in [-0.05, 0) is 32.9 Å². The Kier molecular flexibility index (Phi) is 14.3. The Bertz CT molecular complexity index is 633. The van der Waals surface area contributed by atoms with E-state index in [1.54, 1.807) is 31.3 Å². The van der Waals surface area contributed by atoms with E-state index < -0.39 is 5.60 Å². The van der Waals surface area contributed by atoms with Crippen LogP contribution in [0.1, 0.15) is 31.1 Å². The second-order valence-electron chi connectivity index (χ2n) is 7.85. The maximum Gasteiger partial charge on any atom is 0.410 e. The maximum absolute atomic E-state index is 11.8. The zero-order valence-electron chi connectivity index (χ0n) is 19.7. The predicted octanol–water partition coefficient (Wildman–Crippen LogP) is 2.78. The number of carbonyl (C=O) groups is 2. The van der Waals surface area contributed by atoms with Crippen LogP contribution in [0.4, 0.5) is 4.79 Å². The zero-order chi connectivity index (χ0) is 23.7. The Morgan fingerprint density at radius 3 is 1.72 bits per heavy atom. The van der Waals surface area contributed by atoms with Crippen LogP contribution in [0.25, 0.3) is 0 Å². The summed E-state index contributed by atoms with van der Waals surface area (Å²) in [5.41, 5.74) is 0.0142. The van der Waals surface area contributed by atoms with Crippen molar-refractivity contribution in [3.63, 3.8) is 0 Å². The van der Waals surface area contributed by atoms with Gasteiger partial charge in [-0.2, -0.15) is 0 Å². The van der Waals surface area contributed by atoms with Gasteiger partial charge in [0.05, 0.1) is 58.4 Å². The quantitative estimate of drug-likeness (QED) is 0.278. The largest absolute Gasteiger partial charge is 0.460 e. The Morgan fingerprint density at radius 1 is 0.750 bits per heavy atom. The maximum atomic E-state index is 11.8. The van der Waals surface area contributed by atoms with Crippen LogP contribution in [0.5, 0.6) is 0 Å². The van der Waals surface area contributed by atoms with E-state index in [4.69, 9.17) is 28.4 Å². The fourth-order valence-electron chi connectivity index (χ4n) is 2.25. The number of benzene rings is 1. The first-order valence-corrected chi connectivity index (χ1v) is 10.8. The SMILES string of the molecule is CN(CCOCCOCCOCCOCCOC(=O)c1ccccc1)C(=O)OC(C)(C)C. The Morgan fingerprint density at radius 2 is 1.22 bits per heavy atom. The average Bonchev–Trinajstić information content (AvgIpc) is 2.75. The molecule has 9 heteroatoms. The van der Waals surface area contributed by atoms with E-state index in [1.807, 2.05) is 26.8 Å². The van der Waals surface area contributed by atoms with Crippen molar-refractivity contribution in [1.29, 1.82) is 0 Å². The molecule has 9 nitrogen and oxygen atoms in total. The van der Waals surface area contributed by atoms with Gasteiger partial charge >= 0.3 is 12.1 Å². The Labute approximate surface area is 190 Å². The van der Waals surface area contributed by atoms with Gasteiger partial charge < -0.3 is 33.3 Å². The first-order valence-electron chi connectivity index (χ1n) is 10.8. The van der Waals surface area contributed by atoms with Crippen LogP contribution in [-0.4, -0.2) is 95.6 Å². The van der Waals surface area contributed by atoms with Crippen molar-refractivity contribution < 1.29 is 38.0 Å². The van der Waals surface area contributed by atoms with Crippen LogP contribution in [0.3, 0.4) is 0 Å². The monoisotopic (exact) mass is 455 g/mol. The number of esters is 1. The number of hydrogen-bond acceptors (Lipinski definition) is 8. The van der Waals surface area contributed by atoms with Crippen LogP contribution in [0, 0.1) is 0 Å². The Balaban J connectivity index is 1.82. The third kappa shape index (κ3) is 14.7. The molecule has 0 unspecified atom stereocenters. The molecule has 0 aliphatic rings. The topological polar surface area (TPSA) is 92.8 Å². The van der Waals surface area contributed by atoms with Gasteiger partial charge in [-0.25, -0.2) is 9.59 Å². The van der Waals surface area contributed by atoms with Gasteiger partial charge in [-0.1, -0.05) is 18.2 Å². The molecule has 0 radical (unpaired) electrons. The summed E-state index contributed by atoms with van der Waals surface area (Å²) in [7, 11) is 1.67. The molecule has 0 aliphatic heterocycles. The van der Waals surface area contributed by atoms with Crippen LogP contribution in [0.2, 0.25) is 0 Å². The molecule has 1 aromatic carbocycles. The van der Waals surface area contributed by atoms with Crippen molar-refractivity contribution in [2.24, 2.45) is 0 Å². The normalized spacial score (nSPS) is 11.2. The Hall–Kier alpha value is -2.20. The molecule has 0 aliphatic carbocycles. The molecular formula is C23H37NO8. The molecule has 0 bridgehead atoms. The van der Waals surface area contributed by atoms with Crippen molar-refractivity contribution in [1.82, 2.24) is 4.90 Å². The number of nitrogens with zero attached hydrogens (tertiary/aromatic N) is 1. The van der Waals surface area contributed by atoms with Gasteiger partial charge in [0.1, 0.15) is 12.2 Å². The summed E-state index contributed by atoms with van der Waals surface area (Å²) in [5.74, 6) is -0.360. The minimum absolute atomic E-state index is 0.199. The minimum atomic E-state index is -0.508. The van der Waals surface area contributed by atoms with Gasteiger partial charge in [0.15, 0.2) is 0 Å². The van der Waals surface area contributed by atoms with Crippen LogP contribution in [-0.2, 0) is 28.4 Å². The van der Waals surface area contributed by atoms with E-state index in [2.05, 4.69) is 0 Å². The smallest absolute Gasteiger partial charge is 0.410 e. The highest BCUT2D eigenvalue weighted by atomic mass is 16.6. The van der Waals surface area contributed by atoms with Gasteiger partial charge in [0.2, 0.25) is 0 Å². The lowest BCUT2D eigenvalue weighted by Gasteiger charge is -2.24. The van der Waals surface area contributed by atoms with Crippen molar-refractivity contribution in [2.45, 2.75) is 26.4 Å². The first-order chi connectivity index (χ1) is 15.3. The van der Waals surface area contributed by atoms with Gasteiger partial charge in [0, 0.05) is 13.6 Å². The first kappa shape index (κ1) is 27.8. The number of ether oxygens (including phenoxy) is 6. The lowest BCUT2D eigenvalue weighted by molar-refractivity contribution is -0.0113. The molecule has 0 heterocycles. The molecule has 0 N–H and O–H groups in total. The molecule has 0 aromatic heterocycles. The summed E-state index contributed by atoms with van der Waals surface area (Å²) in [6.07, 6.45) is -0.369. The van der Waals surface area contributed by atoms with E-state index in [1.165, 1.54) is 4.90 Å². The molecule has 0 saturated heterocycles. The van der Waals surface area contributed by atoms with Gasteiger partial charge in [0.25, 0.3) is 0 Å². The third-order valence-electron chi connectivity index (χ3n) is 3.86. The van der Waals surface area contributed by atoms with Crippen molar-refractivity contribution in [2.75, 3.05) is 73.1 Å². The number of hydrogen-bond donors (Lipinski definition) is 0. The van der Waals surface area contributed by atoms with Gasteiger partial charge in [-0.15, -0.1) is 0 Å². The summed E-state index contributed by atoms with van der Waals surface area (Å²) in [6.45, 7) is 9.50. The number of amides is 1. The molecule has 0 saturated carbocycles. The lowest BCUT2D eigenvalue weighted by Crippen LogP contribution is -2.36. The molecule has 1 aromatic rings. The minimum Gasteiger partial charge on any atom is -0.460 e. The number of likely N-dealkylation sites (N-methyl/N-ethyl adjacent to an activating group) is 1. The molecule has 0 spiro atoms. The van der Waals surface area contributed by atoms with Crippen molar-refractivity contribution in [3.8, 4) is 0 Å². The molecule has 182 valence electrons. The van der Waals surface area contributed by atoms with E-state index in [-0.39, 0.29) is 18.7 Å².